The first-order valence-corrected chi connectivity index (χ1v) is 9.45. The maximum Gasteiger partial charge on any atom is 0.416 e. The van der Waals surface area contributed by atoms with Gasteiger partial charge in [0.1, 0.15) is 4.70 Å². The van der Waals surface area contributed by atoms with Gasteiger partial charge in [-0.2, -0.15) is 18.2 Å². The van der Waals surface area contributed by atoms with Gasteiger partial charge in [0, 0.05) is 17.5 Å². The van der Waals surface area contributed by atoms with Crippen LogP contribution < -0.4 is 16.0 Å². The number of alkyl halides is 3. The first kappa shape index (κ1) is 18.6. The molecule has 0 saturated carbocycles. The monoisotopic (exact) mass is 401 g/mol. The van der Waals surface area contributed by atoms with Crippen LogP contribution in [-0.4, -0.2) is 17.4 Å². The van der Waals surface area contributed by atoms with E-state index in [0.29, 0.717) is 11.2 Å². The van der Waals surface area contributed by atoms with E-state index in [1.165, 1.54) is 4.88 Å². The Bertz CT molecular complexity index is 949. The van der Waals surface area contributed by atoms with Crippen LogP contribution in [0.3, 0.4) is 0 Å². The van der Waals surface area contributed by atoms with E-state index in [-0.39, 0.29) is 22.1 Å². The second kappa shape index (κ2) is 7.20. The van der Waals surface area contributed by atoms with E-state index in [9.17, 15) is 18.0 Å². The van der Waals surface area contributed by atoms with Gasteiger partial charge >= 0.3 is 17.1 Å². The van der Waals surface area contributed by atoms with Crippen molar-refractivity contribution in [3.05, 3.63) is 38.8 Å². The van der Waals surface area contributed by atoms with Crippen LogP contribution in [-0.2, 0) is 12.6 Å². The molecule has 5 nitrogen and oxygen atoms in total. The number of hydrogen-bond acceptors (Lipinski definition) is 5. The minimum Gasteiger partial charge on any atom is -0.397 e. The van der Waals surface area contributed by atoms with Crippen molar-refractivity contribution >= 4 is 44.5 Å². The summed E-state index contributed by atoms with van der Waals surface area (Å²) in [5, 5.41) is 2.99. The van der Waals surface area contributed by atoms with Crippen molar-refractivity contribution in [1.82, 2.24) is 10.3 Å². The molecule has 0 aliphatic carbocycles. The number of aromatic amines is 1. The van der Waals surface area contributed by atoms with Crippen molar-refractivity contribution in [3.63, 3.8) is 0 Å². The Morgan fingerprint density at radius 2 is 2.15 bits per heavy atom. The van der Waals surface area contributed by atoms with E-state index in [4.69, 9.17) is 5.73 Å². The lowest BCUT2D eigenvalue weighted by atomic mass is 10.2. The fourth-order valence-electron chi connectivity index (χ4n) is 2.47. The summed E-state index contributed by atoms with van der Waals surface area (Å²) in [5.41, 5.74) is 7.85. The standard InChI is InChI=1S/C16H15F3N4OS2/c1-8-12(25-7-22-8)3-2-4-21-14(24)15-23-11-6-9(16(17,18)19)5-10(20)13(11)26-15/h5-7H,2-4,20H2,1H3,(H,21,24)/p+1. The molecule has 4 N–H and O–H groups in total. The highest BCUT2D eigenvalue weighted by atomic mass is 32.1. The van der Waals surface area contributed by atoms with Gasteiger partial charge in [-0.3, -0.25) is 4.79 Å². The van der Waals surface area contributed by atoms with Crippen molar-refractivity contribution in [2.45, 2.75) is 25.9 Å². The maximum absolute atomic E-state index is 12.9. The molecule has 0 aliphatic rings. The molecule has 0 aliphatic heterocycles. The van der Waals surface area contributed by atoms with E-state index < -0.39 is 11.7 Å². The average molecular weight is 401 g/mol. The molecule has 2 aromatic heterocycles. The highest BCUT2D eigenvalue weighted by Crippen LogP contribution is 2.35. The van der Waals surface area contributed by atoms with Crippen LogP contribution in [0.15, 0.2) is 17.6 Å². The molecule has 0 unspecified atom stereocenters. The largest absolute Gasteiger partial charge is 0.416 e. The molecule has 26 heavy (non-hydrogen) atoms. The summed E-state index contributed by atoms with van der Waals surface area (Å²) < 4.78 is 39.0. The van der Waals surface area contributed by atoms with Crippen LogP contribution >= 0.6 is 22.7 Å². The first-order chi connectivity index (χ1) is 12.3. The number of benzene rings is 1. The maximum atomic E-state index is 12.9. The lowest BCUT2D eigenvalue weighted by Gasteiger charge is -2.05. The fourth-order valence-corrected chi connectivity index (χ4v) is 4.22. The molecule has 138 valence electrons. The first-order valence-electron chi connectivity index (χ1n) is 7.75. The second-order valence-corrected chi connectivity index (χ2v) is 7.68. The van der Waals surface area contributed by atoms with E-state index >= 15 is 0 Å². The zero-order chi connectivity index (χ0) is 18.9. The zero-order valence-electron chi connectivity index (χ0n) is 13.7. The Morgan fingerprint density at radius 3 is 2.81 bits per heavy atom. The van der Waals surface area contributed by atoms with Gasteiger partial charge in [0.25, 0.3) is 0 Å². The van der Waals surface area contributed by atoms with Gasteiger partial charge in [0.2, 0.25) is 5.52 Å². The molecule has 10 heteroatoms. The van der Waals surface area contributed by atoms with Gasteiger partial charge in [-0.25, -0.2) is 4.98 Å². The van der Waals surface area contributed by atoms with Crippen LogP contribution in [0.1, 0.15) is 32.4 Å². The minimum atomic E-state index is -4.49. The van der Waals surface area contributed by atoms with E-state index in [2.05, 4.69) is 15.3 Å². The van der Waals surface area contributed by atoms with Gasteiger partial charge in [0.05, 0.1) is 22.5 Å². The van der Waals surface area contributed by atoms with Crippen molar-refractivity contribution in [2.75, 3.05) is 12.3 Å². The molecule has 2 heterocycles. The molecule has 1 aromatic carbocycles. The number of anilines is 1. The summed E-state index contributed by atoms with van der Waals surface area (Å²) in [4.78, 5) is 20.3. The third kappa shape index (κ3) is 3.96. The van der Waals surface area contributed by atoms with Crippen molar-refractivity contribution < 1.29 is 22.9 Å². The third-order valence-corrected chi connectivity index (χ3v) is 5.96. The number of nitrogen functional groups attached to an aromatic ring is 1. The number of nitrogens with two attached hydrogens (primary N) is 1. The predicted molar refractivity (Wildman–Crippen MR) is 95.3 cm³/mol. The second-order valence-electron chi connectivity index (χ2n) is 5.72. The summed E-state index contributed by atoms with van der Waals surface area (Å²) in [7, 11) is 0. The van der Waals surface area contributed by atoms with Crippen LogP contribution in [0, 0.1) is 6.92 Å². The number of carbonyl (C=O) groups excluding carboxylic acids is 1. The Kier molecular flexibility index (Phi) is 5.15. The smallest absolute Gasteiger partial charge is 0.397 e. The van der Waals surface area contributed by atoms with E-state index in [1.54, 1.807) is 16.8 Å². The summed E-state index contributed by atoms with van der Waals surface area (Å²) in [5.74, 6) is -0.361. The summed E-state index contributed by atoms with van der Waals surface area (Å²) >= 11 is 2.62. The lowest BCUT2D eigenvalue weighted by Crippen LogP contribution is -2.28. The lowest BCUT2D eigenvalue weighted by molar-refractivity contribution is -0.342. The molecule has 0 radical (unpaired) electrons. The quantitative estimate of drug-likeness (QED) is 0.508. The third-order valence-electron chi connectivity index (χ3n) is 3.81. The number of aryl methyl sites for hydroxylation is 2. The molecular weight excluding hydrogens is 385 g/mol. The molecule has 3 aromatic rings. The van der Waals surface area contributed by atoms with Crippen LogP contribution in [0.5, 0.6) is 0 Å². The number of nitrogens with zero attached hydrogens (tertiary/aromatic N) is 1. The Morgan fingerprint density at radius 1 is 1.38 bits per heavy atom. The average Bonchev–Trinajstić information content (AvgIpc) is 3.17. The number of fused-ring (bicyclic) bond motifs is 1. The molecule has 0 saturated heterocycles. The molecule has 3 rings (SSSR count). The SMILES string of the molecule is Cc1ncsc1CCCNC(=O)c1[nH+]c2cc(C(F)(F)F)cc(N)c2s1. The van der Waals surface area contributed by atoms with Crippen LogP contribution in [0.2, 0.25) is 0 Å². The van der Waals surface area contributed by atoms with Gasteiger partial charge in [-0.1, -0.05) is 11.3 Å². The van der Waals surface area contributed by atoms with Crippen LogP contribution in [0.4, 0.5) is 18.9 Å². The Labute approximate surface area is 155 Å². The number of rotatable bonds is 5. The Balaban J connectivity index is 1.66. The number of halogens is 3. The molecule has 0 bridgehead atoms. The number of hydrogen-bond donors (Lipinski definition) is 2. The fraction of sp³-hybridized carbons (Fsp3) is 0.312. The highest BCUT2D eigenvalue weighted by molar-refractivity contribution is 7.20. The molecular formula is C16H16F3N4OS2+. The molecule has 1 amide bonds. The van der Waals surface area contributed by atoms with E-state index in [0.717, 1.165) is 42.0 Å². The zero-order valence-corrected chi connectivity index (χ0v) is 15.4. The molecule has 0 spiro atoms. The summed E-state index contributed by atoms with van der Waals surface area (Å²) in [6.45, 7) is 2.40. The van der Waals surface area contributed by atoms with Crippen molar-refractivity contribution in [1.29, 1.82) is 0 Å². The van der Waals surface area contributed by atoms with Gasteiger partial charge in [-0.05, 0) is 25.8 Å². The number of H-pyrrole nitrogens is 1. The van der Waals surface area contributed by atoms with Crippen molar-refractivity contribution in [3.8, 4) is 0 Å². The van der Waals surface area contributed by atoms with Crippen LogP contribution in [0.25, 0.3) is 10.2 Å². The van der Waals surface area contributed by atoms with Crippen molar-refractivity contribution in [2.24, 2.45) is 0 Å². The van der Waals surface area contributed by atoms with Gasteiger partial charge < -0.3 is 11.1 Å². The predicted octanol–water partition coefficient (Wildman–Crippen LogP) is 3.44. The Hall–Kier alpha value is -2.20. The number of nitrogens with one attached hydrogen (secondary N) is 2. The summed E-state index contributed by atoms with van der Waals surface area (Å²) in [6, 6.07) is 1.84. The topological polar surface area (TPSA) is 82.2 Å². The molecule has 0 atom stereocenters. The number of thiazole rings is 2. The van der Waals surface area contributed by atoms with Gasteiger partial charge in [0.15, 0.2) is 0 Å². The van der Waals surface area contributed by atoms with E-state index in [1.807, 2.05) is 6.92 Å². The highest BCUT2D eigenvalue weighted by Gasteiger charge is 2.33. The minimum absolute atomic E-state index is 0.00389. The number of amides is 1. The number of carbonyl (C=O) groups is 1. The molecule has 0 fully saturated rings. The number of aromatic nitrogens is 2. The van der Waals surface area contributed by atoms with Gasteiger partial charge in [-0.15, -0.1) is 11.3 Å². The summed E-state index contributed by atoms with van der Waals surface area (Å²) in [6.07, 6.45) is -2.93. The normalized spacial score (nSPS) is 11.8.